The molecule has 7 nitrogen and oxygen atoms in total. The smallest absolute Gasteiger partial charge is 0.301 e. The van der Waals surface area contributed by atoms with Gasteiger partial charge in [-0.1, -0.05) is 36.3 Å². The second-order valence-corrected chi connectivity index (χ2v) is 7.52. The number of ketones is 1. The van der Waals surface area contributed by atoms with Crippen molar-refractivity contribution in [3.8, 4) is 5.75 Å². The molecule has 0 spiro atoms. The van der Waals surface area contributed by atoms with Gasteiger partial charge in [0.25, 0.3) is 5.78 Å². The summed E-state index contributed by atoms with van der Waals surface area (Å²) in [6.07, 6.45) is 0.856. The molecule has 0 bridgehead atoms. The summed E-state index contributed by atoms with van der Waals surface area (Å²) in [6, 6.07) is 15.1. The summed E-state index contributed by atoms with van der Waals surface area (Å²) in [4.78, 5) is 27.4. The molecule has 1 amide bonds. The third-order valence-electron chi connectivity index (χ3n) is 5.45. The van der Waals surface area contributed by atoms with Crippen LogP contribution in [0.25, 0.3) is 5.76 Å². The van der Waals surface area contributed by atoms with Crippen LogP contribution < -0.4 is 9.64 Å². The monoisotopic (exact) mass is 432 g/mol. The Kier molecular flexibility index (Phi) is 5.81. The number of hydrogen-bond acceptors (Lipinski definition) is 6. The van der Waals surface area contributed by atoms with Crippen LogP contribution in [0.3, 0.4) is 0 Å². The number of rotatable bonds is 6. The molecule has 7 heteroatoms. The number of anilines is 1. The third kappa shape index (κ3) is 3.77. The van der Waals surface area contributed by atoms with Crippen LogP contribution in [0.4, 0.5) is 5.82 Å². The molecule has 1 aliphatic heterocycles. The molecule has 1 aromatic heterocycles. The van der Waals surface area contributed by atoms with E-state index in [9.17, 15) is 14.7 Å². The van der Waals surface area contributed by atoms with Crippen LogP contribution in [0.15, 0.2) is 64.7 Å². The predicted molar refractivity (Wildman–Crippen MR) is 119 cm³/mol. The van der Waals surface area contributed by atoms with Crippen molar-refractivity contribution in [3.63, 3.8) is 0 Å². The molecule has 1 fully saturated rings. The first-order chi connectivity index (χ1) is 15.4. The molecule has 164 valence electrons. The number of benzene rings is 2. The van der Waals surface area contributed by atoms with Crippen molar-refractivity contribution in [2.24, 2.45) is 0 Å². The first kappa shape index (κ1) is 21.4. The van der Waals surface area contributed by atoms with E-state index in [1.807, 2.05) is 38.1 Å². The lowest BCUT2D eigenvalue weighted by atomic mass is 9.94. The van der Waals surface area contributed by atoms with Gasteiger partial charge < -0.3 is 14.4 Å². The van der Waals surface area contributed by atoms with Crippen molar-refractivity contribution < 1.29 is 24.0 Å². The van der Waals surface area contributed by atoms with Crippen LogP contribution in [0.5, 0.6) is 5.75 Å². The van der Waals surface area contributed by atoms with Crippen LogP contribution in [-0.4, -0.2) is 28.6 Å². The van der Waals surface area contributed by atoms with Crippen molar-refractivity contribution in [3.05, 3.63) is 82.6 Å². The van der Waals surface area contributed by atoms with E-state index >= 15 is 0 Å². The van der Waals surface area contributed by atoms with E-state index in [2.05, 4.69) is 5.16 Å². The number of hydrogen-bond donors (Lipinski definition) is 1. The van der Waals surface area contributed by atoms with Gasteiger partial charge in [-0.05, 0) is 55.7 Å². The zero-order chi connectivity index (χ0) is 22.8. The van der Waals surface area contributed by atoms with Gasteiger partial charge in [-0.15, -0.1) is 0 Å². The third-order valence-corrected chi connectivity index (χ3v) is 5.45. The molecule has 2 aromatic carbocycles. The van der Waals surface area contributed by atoms with Gasteiger partial charge in [0.05, 0.1) is 18.2 Å². The van der Waals surface area contributed by atoms with Crippen LogP contribution in [-0.2, 0) is 16.0 Å². The first-order valence-corrected chi connectivity index (χ1v) is 10.5. The van der Waals surface area contributed by atoms with Crippen LogP contribution >= 0.6 is 0 Å². The van der Waals surface area contributed by atoms with Crippen LogP contribution in [0.2, 0.25) is 0 Å². The van der Waals surface area contributed by atoms with E-state index in [0.29, 0.717) is 29.2 Å². The molecule has 1 aliphatic rings. The summed E-state index contributed by atoms with van der Waals surface area (Å²) < 4.78 is 10.6. The van der Waals surface area contributed by atoms with Gasteiger partial charge in [-0.3, -0.25) is 14.5 Å². The van der Waals surface area contributed by atoms with Gasteiger partial charge in [0.2, 0.25) is 0 Å². The maximum absolute atomic E-state index is 13.1. The second-order valence-electron chi connectivity index (χ2n) is 7.52. The normalized spacial score (nSPS) is 17.7. The second kappa shape index (κ2) is 8.70. The fourth-order valence-corrected chi connectivity index (χ4v) is 3.82. The summed E-state index contributed by atoms with van der Waals surface area (Å²) in [5.74, 6) is -0.418. The van der Waals surface area contributed by atoms with Crippen LogP contribution in [0.1, 0.15) is 42.3 Å². The average Bonchev–Trinajstić information content (AvgIpc) is 3.34. The van der Waals surface area contributed by atoms with Gasteiger partial charge in [-0.2, -0.15) is 0 Å². The minimum atomic E-state index is -0.836. The number of aromatic nitrogens is 1. The highest BCUT2D eigenvalue weighted by Gasteiger charge is 2.48. The van der Waals surface area contributed by atoms with E-state index in [0.717, 1.165) is 12.0 Å². The quantitative estimate of drug-likeness (QED) is 0.348. The summed E-state index contributed by atoms with van der Waals surface area (Å²) in [5, 5.41) is 15.1. The van der Waals surface area contributed by atoms with Crippen LogP contribution in [0, 0.1) is 6.92 Å². The Hall–Kier alpha value is -3.87. The molecular formula is C25H24N2O5. The molecule has 1 atom stereocenters. The van der Waals surface area contributed by atoms with Crippen molar-refractivity contribution in [2.45, 2.75) is 33.2 Å². The summed E-state index contributed by atoms with van der Waals surface area (Å²) in [6.45, 7) is 6.15. The van der Waals surface area contributed by atoms with Crippen molar-refractivity contribution in [1.82, 2.24) is 5.16 Å². The SMILES string of the molecule is CCOc1ccc(/C(O)=C2\C(=O)C(=O)N(c3cc(C)on3)[C@@H]2c2ccc(CC)cc2)cc1. The lowest BCUT2D eigenvalue weighted by Crippen LogP contribution is -2.29. The first-order valence-electron chi connectivity index (χ1n) is 10.5. The van der Waals surface area contributed by atoms with Gasteiger partial charge in [0, 0.05) is 11.6 Å². The number of ether oxygens (including phenoxy) is 1. The maximum Gasteiger partial charge on any atom is 0.301 e. The number of carbonyl (C=O) groups is 2. The number of aliphatic hydroxyl groups excluding tert-OH is 1. The zero-order valence-electron chi connectivity index (χ0n) is 18.2. The Balaban J connectivity index is 1.86. The number of nitrogens with zero attached hydrogens (tertiary/aromatic N) is 2. The average molecular weight is 432 g/mol. The standard InChI is InChI=1S/C25H24N2O5/c1-4-16-6-8-17(9-7-16)22-21(23(28)18-10-12-19(13-11-18)31-5-2)24(29)25(30)27(22)20-14-15(3)32-26-20/h6-14,22,28H,4-5H2,1-3H3/b23-21+/t22-/m1/s1. The van der Waals surface area contributed by atoms with Crippen molar-refractivity contribution in [2.75, 3.05) is 11.5 Å². The van der Waals surface area contributed by atoms with E-state index in [1.54, 1.807) is 37.3 Å². The van der Waals surface area contributed by atoms with Gasteiger partial charge >= 0.3 is 5.91 Å². The maximum atomic E-state index is 13.1. The van der Waals surface area contributed by atoms with E-state index < -0.39 is 17.7 Å². The molecule has 0 aliphatic carbocycles. The molecule has 0 unspecified atom stereocenters. The fourth-order valence-electron chi connectivity index (χ4n) is 3.82. The molecule has 0 radical (unpaired) electrons. The highest BCUT2D eigenvalue weighted by Crippen LogP contribution is 2.42. The molecule has 4 rings (SSSR count). The summed E-state index contributed by atoms with van der Waals surface area (Å²) in [7, 11) is 0. The van der Waals surface area contributed by atoms with Gasteiger partial charge in [0.1, 0.15) is 17.3 Å². The largest absolute Gasteiger partial charge is 0.507 e. The predicted octanol–water partition coefficient (Wildman–Crippen LogP) is 4.57. The van der Waals surface area contributed by atoms with Crippen molar-refractivity contribution in [1.29, 1.82) is 0 Å². The number of aryl methyl sites for hydroxylation is 2. The highest BCUT2D eigenvalue weighted by molar-refractivity contribution is 6.51. The topological polar surface area (TPSA) is 92.9 Å². The summed E-state index contributed by atoms with van der Waals surface area (Å²) >= 11 is 0. The Morgan fingerprint density at radius 2 is 1.78 bits per heavy atom. The number of amides is 1. The Bertz CT molecular complexity index is 1180. The lowest BCUT2D eigenvalue weighted by molar-refractivity contribution is -0.132. The van der Waals surface area contributed by atoms with E-state index in [4.69, 9.17) is 9.26 Å². The van der Waals surface area contributed by atoms with E-state index in [-0.39, 0.29) is 17.2 Å². The molecule has 1 saturated heterocycles. The molecule has 2 heterocycles. The highest BCUT2D eigenvalue weighted by atomic mass is 16.5. The van der Waals surface area contributed by atoms with Crippen molar-refractivity contribution >= 4 is 23.3 Å². The Morgan fingerprint density at radius 3 is 2.34 bits per heavy atom. The lowest BCUT2D eigenvalue weighted by Gasteiger charge is -2.23. The van der Waals surface area contributed by atoms with E-state index in [1.165, 1.54) is 4.90 Å². The minimum Gasteiger partial charge on any atom is -0.507 e. The molecule has 32 heavy (non-hydrogen) atoms. The van der Waals surface area contributed by atoms with Gasteiger partial charge in [-0.25, -0.2) is 0 Å². The number of carbonyl (C=O) groups excluding carboxylic acids is 2. The van der Waals surface area contributed by atoms with Gasteiger partial charge in [0.15, 0.2) is 5.82 Å². The fraction of sp³-hybridized carbons (Fsp3) is 0.240. The molecule has 3 aromatic rings. The summed E-state index contributed by atoms with van der Waals surface area (Å²) in [5.41, 5.74) is 2.23. The minimum absolute atomic E-state index is 0.00376. The molecule has 1 N–H and O–H groups in total. The zero-order valence-corrected chi connectivity index (χ0v) is 18.2. The number of Topliss-reactive ketones (excluding diaryl/α,β-unsaturated/α-hetero) is 1. The Labute approximate surface area is 185 Å². The number of aliphatic hydroxyl groups is 1. The molecular weight excluding hydrogens is 408 g/mol. The molecule has 0 saturated carbocycles. The Morgan fingerprint density at radius 1 is 1.09 bits per heavy atom.